The number of hydrogen-bond donors (Lipinski definition) is 1. The summed E-state index contributed by atoms with van der Waals surface area (Å²) >= 11 is 25.1. The highest BCUT2D eigenvalue weighted by Crippen LogP contribution is 2.31. The molecule has 4 aromatic rings. The number of amides is 2. The van der Waals surface area contributed by atoms with Crippen LogP contribution >= 0.6 is 46.4 Å². The Morgan fingerprint density at radius 1 is 0.783 bits per heavy atom. The van der Waals surface area contributed by atoms with Crippen molar-refractivity contribution in [1.29, 1.82) is 0 Å². The molecule has 0 saturated heterocycles. The molecular formula is C34H33Cl4N3O4S. The Morgan fingerprint density at radius 3 is 2.02 bits per heavy atom. The Morgan fingerprint density at radius 2 is 1.41 bits per heavy atom. The molecule has 0 radical (unpaired) electrons. The number of nitrogens with one attached hydrogen (secondary N) is 1. The van der Waals surface area contributed by atoms with Crippen LogP contribution in [0.4, 0.5) is 5.69 Å². The third-order valence-electron chi connectivity index (χ3n) is 7.18. The number of hydrogen-bond acceptors (Lipinski definition) is 4. The Balaban J connectivity index is 1.82. The quantitative estimate of drug-likeness (QED) is 0.134. The summed E-state index contributed by atoms with van der Waals surface area (Å²) in [6.07, 6.45) is 1.80. The van der Waals surface area contributed by atoms with Crippen LogP contribution in [0.3, 0.4) is 0 Å². The van der Waals surface area contributed by atoms with E-state index in [4.69, 9.17) is 46.4 Å². The van der Waals surface area contributed by atoms with E-state index in [9.17, 15) is 18.0 Å². The van der Waals surface area contributed by atoms with Crippen molar-refractivity contribution in [2.75, 3.05) is 17.4 Å². The largest absolute Gasteiger partial charge is 0.354 e. The first-order valence-corrected chi connectivity index (χ1v) is 17.5. The molecule has 0 aliphatic heterocycles. The molecule has 0 fully saturated rings. The Kier molecular flexibility index (Phi) is 12.8. The van der Waals surface area contributed by atoms with Crippen molar-refractivity contribution in [3.8, 4) is 0 Å². The number of carbonyl (C=O) groups is 2. The summed E-state index contributed by atoms with van der Waals surface area (Å²) in [6, 6.07) is 25.3. The van der Waals surface area contributed by atoms with Crippen molar-refractivity contribution >= 4 is 73.9 Å². The van der Waals surface area contributed by atoms with E-state index in [0.29, 0.717) is 17.1 Å². The van der Waals surface area contributed by atoms with Gasteiger partial charge in [0.15, 0.2) is 0 Å². The van der Waals surface area contributed by atoms with Gasteiger partial charge in [0.2, 0.25) is 11.8 Å². The third-order valence-corrected chi connectivity index (χ3v) is 10.1. The van der Waals surface area contributed by atoms with E-state index >= 15 is 0 Å². The van der Waals surface area contributed by atoms with Gasteiger partial charge in [-0.05, 0) is 60.0 Å². The second-order valence-electron chi connectivity index (χ2n) is 10.6. The average Bonchev–Trinajstić information content (AvgIpc) is 3.03. The maximum atomic E-state index is 14.5. The van der Waals surface area contributed by atoms with Crippen LogP contribution in [0.2, 0.25) is 20.1 Å². The molecule has 1 unspecified atom stereocenters. The van der Waals surface area contributed by atoms with Gasteiger partial charge in [-0.2, -0.15) is 0 Å². The van der Waals surface area contributed by atoms with E-state index in [-0.39, 0.29) is 44.5 Å². The van der Waals surface area contributed by atoms with Gasteiger partial charge in [-0.1, -0.05) is 114 Å². The monoisotopic (exact) mass is 719 g/mol. The van der Waals surface area contributed by atoms with Gasteiger partial charge in [0.05, 0.1) is 20.6 Å². The zero-order valence-electron chi connectivity index (χ0n) is 25.0. The predicted octanol–water partition coefficient (Wildman–Crippen LogP) is 8.05. The highest BCUT2D eigenvalue weighted by molar-refractivity contribution is 7.92. The maximum Gasteiger partial charge on any atom is 0.264 e. The Labute approximate surface area is 290 Å². The van der Waals surface area contributed by atoms with Crippen LogP contribution in [0, 0.1) is 0 Å². The molecule has 242 valence electrons. The fraction of sp³-hybridized carbons (Fsp3) is 0.235. The molecule has 4 aromatic carbocycles. The molecule has 0 aliphatic carbocycles. The second-order valence-corrected chi connectivity index (χ2v) is 14.1. The number of nitrogens with zero attached hydrogens (tertiary/aromatic N) is 2. The van der Waals surface area contributed by atoms with E-state index in [1.807, 2.05) is 37.3 Å². The summed E-state index contributed by atoms with van der Waals surface area (Å²) in [5, 5.41) is 3.94. The Hall–Kier alpha value is -3.27. The molecule has 4 rings (SSSR count). The molecule has 0 heterocycles. The molecule has 1 N–H and O–H groups in total. The zero-order chi connectivity index (χ0) is 33.3. The van der Waals surface area contributed by atoms with Gasteiger partial charge in [0.1, 0.15) is 12.6 Å². The Bertz CT molecular complexity index is 1740. The molecule has 1 atom stereocenters. The highest BCUT2D eigenvalue weighted by Gasteiger charge is 2.35. The number of rotatable bonds is 14. The van der Waals surface area contributed by atoms with Crippen LogP contribution in [-0.4, -0.2) is 44.3 Å². The lowest BCUT2D eigenvalue weighted by Crippen LogP contribution is -2.53. The summed E-state index contributed by atoms with van der Waals surface area (Å²) in [4.78, 5) is 29.7. The van der Waals surface area contributed by atoms with Crippen LogP contribution in [0.5, 0.6) is 0 Å². The van der Waals surface area contributed by atoms with Crippen LogP contribution in [-0.2, 0) is 32.6 Å². The molecule has 0 aromatic heterocycles. The molecule has 0 aliphatic rings. The number of halogens is 4. The number of benzene rings is 4. The van der Waals surface area contributed by atoms with Crippen molar-refractivity contribution in [1.82, 2.24) is 10.2 Å². The molecule has 0 bridgehead atoms. The minimum Gasteiger partial charge on any atom is -0.354 e. The topological polar surface area (TPSA) is 86.8 Å². The molecule has 0 saturated carbocycles. The van der Waals surface area contributed by atoms with Crippen LogP contribution in [0.1, 0.15) is 30.9 Å². The summed E-state index contributed by atoms with van der Waals surface area (Å²) in [6.45, 7) is 1.73. The van der Waals surface area contributed by atoms with E-state index in [1.165, 1.54) is 35.2 Å². The fourth-order valence-corrected chi connectivity index (χ4v) is 7.08. The number of unbranched alkanes of at least 4 members (excludes halogenated alkanes) is 1. The van der Waals surface area contributed by atoms with Crippen LogP contribution < -0.4 is 9.62 Å². The number of anilines is 1. The highest BCUT2D eigenvalue weighted by atomic mass is 35.5. The molecule has 46 heavy (non-hydrogen) atoms. The van der Waals surface area contributed by atoms with Crippen LogP contribution in [0.15, 0.2) is 102 Å². The van der Waals surface area contributed by atoms with Crippen molar-refractivity contribution < 1.29 is 18.0 Å². The van der Waals surface area contributed by atoms with Gasteiger partial charge in [-0.25, -0.2) is 8.42 Å². The fourth-order valence-electron chi connectivity index (χ4n) is 4.83. The lowest BCUT2D eigenvalue weighted by molar-refractivity contribution is -0.140. The summed E-state index contributed by atoms with van der Waals surface area (Å²) in [5.41, 5.74) is 1.52. The minimum absolute atomic E-state index is 0.0342. The zero-order valence-corrected chi connectivity index (χ0v) is 28.8. The first kappa shape index (κ1) is 35.6. The first-order chi connectivity index (χ1) is 22.0. The van der Waals surface area contributed by atoms with Gasteiger partial charge >= 0.3 is 0 Å². The SMILES string of the molecule is CCCCNC(=O)C(Cc1ccccc1)N(Cc1ccc(Cl)c(Cl)c1)C(=O)CN(c1cc(Cl)cc(Cl)c1)S(=O)(=O)c1ccccc1. The normalized spacial score (nSPS) is 11.9. The minimum atomic E-state index is -4.29. The predicted molar refractivity (Wildman–Crippen MR) is 186 cm³/mol. The van der Waals surface area contributed by atoms with Gasteiger partial charge in [0, 0.05) is 29.6 Å². The van der Waals surface area contributed by atoms with E-state index in [0.717, 1.165) is 22.7 Å². The van der Waals surface area contributed by atoms with E-state index in [1.54, 1.807) is 36.4 Å². The molecule has 0 spiro atoms. The van der Waals surface area contributed by atoms with Gasteiger partial charge in [-0.3, -0.25) is 13.9 Å². The standard InChI is InChI=1S/C34H33Cl4N3O4S/c1-2-3-16-39-34(43)32(18-24-10-6-4-7-11-24)40(22-25-14-15-30(37)31(38)17-25)33(42)23-41(28-20-26(35)19-27(36)21-28)46(44,45)29-12-8-5-9-13-29/h4-15,17,19-21,32H,2-3,16,18,22-23H2,1H3,(H,39,43). The van der Waals surface area contributed by atoms with E-state index in [2.05, 4.69) is 5.32 Å². The summed E-state index contributed by atoms with van der Waals surface area (Å²) in [5.74, 6) is -0.998. The smallest absolute Gasteiger partial charge is 0.264 e. The third kappa shape index (κ3) is 9.39. The average molecular weight is 722 g/mol. The van der Waals surface area contributed by atoms with Gasteiger partial charge in [0.25, 0.3) is 10.0 Å². The number of carbonyl (C=O) groups excluding carboxylic acids is 2. The lowest BCUT2D eigenvalue weighted by atomic mass is 10.0. The van der Waals surface area contributed by atoms with Gasteiger partial charge in [-0.15, -0.1) is 0 Å². The maximum absolute atomic E-state index is 14.5. The van der Waals surface area contributed by atoms with E-state index < -0.39 is 28.5 Å². The summed E-state index contributed by atoms with van der Waals surface area (Å²) < 4.78 is 29.1. The van der Waals surface area contributed by atoms with Crippen molar-refractivity contribution in [3.63, 3.8) is 0 Å². The summed E-state index contributed by atoms with van der Waals surface area (Å²) in [7, 11) is -4.29. The van der Waals surface area contributed by atoms with Crippen molar-refractivity contribution in [2.24, 2.45) is 0 Å². The lowest BCUT2D eigenvalue weighted by Gasteiger charge is -2.34. The van der Waals surface area contributed by atoms with Crippen molar-refractivity contribution in [3.05, 3.63) is 128 Å². The van der Waals surface area contributed by atoms with Crippen LogP contribution in [0.25, 0.3) is 0 Å². The molecule has 12 heteroatoms. The molecule has 2 amide bonds. The first-order valence-electron chi connectivity index (χ1n) is 14.6. The molecular weight excluding hydrogens is 688 g/mol. The second kappa shape index (κ2) is 16.5. The number of sulfonamides is 1. The van der Waals surface area contributed by atoms with Crippen molar-refractivity contribution in [2.45, 2.75) is 43.7 Å². The molecule has 7 nitrogen and oxygen atoms in total. The van der Waals surface area contributed by atoms with Gasteiger partial charge < -0.3 is 10.2 Å².